The molecule has 0 spiro atoms. The Hall–Kier alpha value is -1.55. The van der Waals surface area contributed by atoms with Gasteiger partial charge in [0.2, 0.25) is 5.91 Å². The van der Waals surface area contributed by atoms with Crippen LogP contribution in [0, 0.1) is 6.92 Å². The maximum absolute atomic E-state index is 12.0. The second-order valence-electron chi connectivity index (χ2n) is 6.03. The van der Waals surface area contributed by atoms with Crippen molar-refractivity contribution in [1.29, 1.82) is 0 Å². The van der Waals surface area contributed by atoms with Gasteiger partial charge in [-0.3, -0.25) is 4.79 Å². The zero-order chi connectivity index (χ0) is 15.2. The fourth-order valence-electron chi connectivity index (χ4n) is 2.54. The van der Waals surface area contributed by atoms with Gasteiger partial charge in [-0.2, -0.15) is 0 Å². The highest BCUT2D eigenvalue weighted by Gasteiger charge is 2.23. The molecule has 1 amide bonds. The molecule has 21 heavy (non-hydrogen) atoms. The molecule has 1 aromatic rings. The highest BCUT2D eigenvalue weighted by molar-refractivity contribution is 5.76. The van der Waals surface area contributed by atoms with Crippen LogP contribution in [0.5, 0.6) is 5.75 Å². The molecule has 116 valence electrons. The summed E-state index contributed by atoms with van der Waals surface area (Å²) in [5.41, 5.74) is 6.93. The fraction of sp³-hybridized carbons (Fsp3) is 0.588. The minimum Gasteiger partial charge on any atom is -0.490 e. The standard InChI is InChI=1S/C17H26N2O2/c1-13-3-6-15(7-4-13)21-16-9-11-19(12-10-16)17(20)8-5-14(2)18/h3-4,6-7,14,16H,5,8-12,18H2,1-2H3. The van der Waals surface area contributed by atoms with Crippen LogP contribution in [0.2, 0.25) is 0 Å². The number of carbonyl (C=O) groups excluding carboxylic acids is 1. The number of ether oxygens (including phenoxy) is 1. The Balaban J connectivity index is 1.75. The smallest absolute Gasteiger partial charge is 0.222 e. The van der Waals surface area contributed by atoms with Gasteiger partial charge in [0.25, 0.3) is 0 Å². The minimum atomic E-state index is 0.0939. The third-order valence-corrected chi connectivity index (χ3v) is 3.93. The summed E-state index contributed by atoms with van der Waals surface area (Å²) in [6.45, 7) is 5.58. The third kappa shape index (κ3) is 5.05. The average Bonchev–Trinajstić information content (AvgIpc) is 2.48. The lowest BCUT2D eigenvalue weighted by molar-refractivity contribution is -0.133. The van der Waals surface area contributed by atoms with Crippen LogP contribution in [-0.2, 0) is 4.79 Å². The molecule has 0 bridgehead atoms. The summed E-state index contributed by atoms with van der Waals surface area (Å²) in [4.78, 5) is 14.0. The molecule has 1 atom stereocenters. The fourth-order valence-corrected chi connectivity index (χ4v) is 2.54. The zero-order valence-corrected chi connectivity index (χ0v) is 13.0. The molecule has 2 rings (SSSR count). The van der Waals surface area contributed by atoms with Gasteiger partial charge in [0.1, 0.15) is 11.9 Å². The Labute approximate surface area is 127 Å². The molecule has 1 unspecified atom stereocenters. The number of aryl methyl sites for hydroxylation is 1. The van der Waals surface area contributed by atoms with E-state index >= 15 is 0 Å². The Bertz CT molecular complexity index is 448. The lowest BCUT2D eigenvalue weighted by atomic mass is 10.1. The number of nitrogens with zero attached hydrogens (tertiary/aromatic N) is 1. The second-order valence-corrected chi connectivity index (χ2v) is 6.03. The van der Waals surface area contributed by atoms with Crippen LogP contribution in [0.1, 0.15) is 38.2 Å². The lowest BCUT2D eigenvalue weighted by Crippen LogP contribution is -2.42. The van der Waals surface area contributed by atoms with Crippen LogP contribution in [0.25, 0.3) is 0 Å². The van der Waals surface area contributed by atoms with Gasteiger partial charge in [-0.1, -0.05) is 17.7 Å². The molecular formula is C17H26N2O2. The summed E-state index contributed by atoms with van der Waals surface area (Å²) in [7, 11) is 0. The van der Waals surface area contributed by atoms with Crippen molar-refractivity contribution in [2.75, 3.05) is 13.1 Å². The zero-order valence-electron chi connectivity index (χ0n) is 13.0. The van der Waals surface area contributed by atoms with E-state index in [2.05, 4.69) is 19.1 Å². The first kappa shape index (κ1) is 15.8. The van der Waals surface area contributed by atoms with E-state index in [1.807, 2.05) is 24.0 Å². The molecule has 2 N–H and O–H groups in total. The highest BCUT2D eigenvalue weighted by Crippen LogP contribution is 2.20. The van der Waals surface area contributed by atoms with E-state index in [1.54, 1.807) is 0 Å². The van der Waals surface area contributed by atoms with Crippen LogP contribution in [-0.4, -0.2) is 36.0 Å². The Morgan fingerprint density at radius 1 is 1.33 bits per heavy atom. The van der Waals surface area contributed by atoms with Crippen molar-refractivity contribution in [3.63, 3.8) is 0 Å². The minimum absolute atomic E-state index is 0.0939. The van der Waals surface area contributed by atoms with Gasteiger partial charge in [0, 0.05) is 38.4 Å². The number of carbonyl (C=O) groups is 1. The van der Waals surface area contributed by atoms with Crippen molar-refractivity contribution >= 4 is 5.91 Å². The van der Waals surface area contributed by atoms with Crippen molar-refractivity contribution in [2.24, 2.45) is 5.73 Å². The van der Waals surface area contributed by atoms with Crippen molar-refractivity contribution in [3.8, 4) is 5.75 Å². The van der Waals surface area contributed by atoms with E-state index in [0.717, 1.165) is 38.1 Å². The first-order valence-electron chi connectivity index (χ1n) is 7.81. The van der Waals surface area contributed by atoms with E-state index < -0.39 is 0 Å². The maximum atomic E-state index is 12.0. The predicted octanol–water partition coefficient (Wildman–Crippen LogP) is 2.49. The quantitative estimate of drug-likeness (QED) is 0.906. The molecule has 1 aliphatic heterocycles. The Morgan fingerprint density at radius 3 is 2.52 bits per heavy atom. The van der Waals surface area contributed by atoms with E-state index in [-0.39, 0.29) is 18.1 Å². The van der Waals surface area contributed by atoms with Gasteiger partial charge in [0.05, 0.1) is 0 Å². The molecule has 1 fully saturated rings. The number of hydrogen-bond donors (Lipinski definition) is 1. The van der Waals surface area contributed by atoms with Crippen molar-refractivity contribution in [3.05, 3.63) is 29.8 Å². The van der Waals surface area contributed by atoms with Crippen LogP contribution < -0.4 is 10.5 Å². The van der Waals surface area contributed by atoms with Gasteiger partial charge in [-0.15, -0.1) is 0 Å². The molecule has 0 saturated carbocycles. The molecule has 1 aliphatic rings. The molecule has 0 aliphatic carbocycles. The van der Waals surface area contributed by atoms with Crippen LogP contribution in [0.4, 0.5) is 0 Å². The molecule has 1 heterocycles. The average molecular weight is 290 g/mol. The summed E-state index contributed by atoms with van der Waals surface area (Å²) in [5, 5.41) is 0. The predicted molar refractivity (Wildman–Crippen MR) is 84.3 cm³/mol. The Kier molecular flexibility index (Phi) is 5.62. The molecule has 1 aromatic carbocycles. The first-order valence-corrected chi connectivity index (χ1v) is 7.81. The van der Waals surface area contributed by atoms with Crippen molar-refractivity contribution < 1.29 is 9.53 Å². The largest absolute Gasteiger partial charge is 0.490 e. The van der Waals surface area contributed by atoms with Crippen molar-refractivity contribution in [2.45, 2.75) is 51.7 Å². The maximum Gasteiger partial charge on any atom is 0.222 e. The number of benzene rings is 1. The summed E-state index contributed by atoms with van der Waals surface area (Å²) < 4.78 is 5.98. The van der Waals surface area contributed by atoms with Crippen LogP contribution in [0.15, 0.2) is 24.3 Å². The molecular weight excluding hydrogens is 264 g/mol. The van der Waals surface area contributed by atoms with E-state index in [9.17, 15) is 4.79 Å². The van der Waals surface area contributed by atoms with Crippen molar-refractivity contribution in [1.82, 2.24) is 4.90 Å². The number of rotatable bonds is 5. The highest BCUT2D eigenvalue weighted by atomic mass is 16.5. The van der Waals surface area contributed by atoms with E-state index in [4.69, 9.17) is 10.5 Å². The normalized spacial score (nSPS) is 17.6. The van der Waals surface area contributed by atoms with E-state index in [0.29, 0.717) is 6.42 Å². The van der Waals surface area contributed by atoms with E-state index in [1.165, 1.54) is 5.56 Å². The SMILES string of the molecule is Cc1ccc(OC2CCN(C(=O)CCC(C)N)CC2)cc1. The first-order chi connectivity index (χ1) is 10.0. The number of hydrogen-bond acceptors (Lipinski definition) is 3. The summed E-state index contributed by atoms with van der Waals surface area (Å²) in [6, 6.07) is 8.23. The molecule has 0 aromatic heterocycles. The third-order valence-electron chi connectivity index (χ3n) is 3.93. The summed E-state index contributed by atoms with van der Waals surface area (Å²) in [6.07, 6.45) is 3.33. The number of nitrogens with two attached hydrogens (primary N) is 1. The number of likely N-dealkylation sites (tertiary alicyclic amines) is 1. The lowest BCUT2D eigenvalue weighted by Gasteiger charge is -2.32. The Morgan fingerprint density at radius 2 is 1.95 bits per heavy atom. The number of piperidine rings is 1. The van der Waals surface area contributed by atoms with Crippen LogP contribution in [0.3, 0.4) is 0 Å². The van der Waals surface area contributed by atoms with Crippen LogP contribution >= 0.6 is 0 Å². The molecule has 0 radical (unpaired) electrons. The van der Waals surface area contributed by atoms with Gasteiger partial charge in [-0.05, 0) is 32.4 Å². The van der Waals surface area contributed by atoms with Gasteiger partial charge < -0.3 is 15.4 Å². The number of amides is 1. The molecule has 4 nitrogen and oxygen atoms in total. The summed E-state index contributed by atoms with van der Waals surface area (Å²) in [5.74, 6) is 1.14. The van der Waals surface area contributed by atoms with Gasteiger partial charge >= 0.3 is 0 Å². The molecule has 4 heteroatoms. The monoisotopic (exact) mass is 290 g/mol. The van der Waals surface area contributed by atoms with Gasteiger partial charge in [-0.25, -0.2) is 0 Å². The summed E-state index contributed by atoms with van der Waals surface area (Å²) >= 11 is 0. The topological polar surface area (TPSA) is 55.6 Å². The van der Waals surface area contributed by atoms with Gasteiger partial charge in [0.15, 0.2) is 0 Å². The second kappa shape index (κ2) is 7.46. The molecule has 1 saturated heterocycles.